The van der Waals surface area contributed by atoms with Crippen LogP contribution in [0.25, 0.3) is 0 Å². The third-order valence-electron chi connectivity index (χ3n) is 7.37. The van der Waals surface area contributed by atoms with E-state index in [1.807, 2.05) is 87.7 Å². The summed E-state index contributed by atoms with van der Waals surface area (Å²) in [5.74, 6) is 2.40. The molecule has 258 valence electrons. The molecule has 0 fully saturated rings. The molecule has 0 bridgehead atoms. The summed E-state index contributed by atoms with van der Waals surface area (Å²) < 4.78 is 0. The topological polar surface area (TPSA) is 184 Å². The lowest BCUT2D eigenvalue weighted by molar-refractivity contribution is 0.310. The molecule has 4 aromatic carbocycles. The Morgan fingerprint density at radius 1 is 0.569 bits per heavy atom. The van der Waals surface area contributed by atoms with Gasteiger partial charge in [-0.3, -0.25) is 9.80 Å². The summed E-state index contributed by atoms with van der Waals surface area (Å²) in [7, 11) is 4.02. The number of nitrogens with two attached hydrogens (primary N) is 2. The first-order valence-corrected chi connectivity index (χ1v) is 16.3. The largest absolute Gasteiger partial charge is 0.368 e. The number of aromatic nitrogens is 6. The van der Waals surface area contributed by atoms with Crippen LogP contribution < -0.4 is 22.1 Å². The molecule has 0 saturated heterocycles. The van der Waals surface area contributed by atoms with Gasteiger partial charge in [0, 0.05) is 24.5 Å². The quantitative estimate of drug-likeness (QED) is 0.121. The molecule has 0 atom stereocenters. The minimum atomic E-state index is 0.155. The van der Waals surface area contributed by atoms with E-state index in [-0.39, 0.29) is 11.9 Å². The number of rotatable bonds is 12. The number of aryl methyl sites for hydroxylation is 1. The highest BCUT2D eigenvalue weighted by Crippen LogP contribution is 2.17. The van der Waals surface area contributed by atoms with E-state index in [9.17, 15) is 0 Å². The molecule has 2 heterocycles. The molecule has 0 spiro atoms. The first kappa shape index (κ1) is 35.8. The number of nitrogens with one attached hydrogen (secondary N) is 2. The normalized spacial score (nSPS) is 10.7. The molecule has 6 N–H and O–H groups in total. The zero-order valence-corrected chi connectivity index (χ0v) is 28.9. The van der Waals surface area contributed by atoms with Crippen LogP contribution >= 0.6 is 0 Å². The zero-order chi connectivity index (χ0) is 36.0. The lowest BCUT2D eigenvalue weighted by Gasteiger charge is -2.16. The molecule has 0 unspecified atom stereocenters. The second kappa shape index (κ2) is 17.8. The summed E-state index contributed by atoms with van der Waals surface area (Å²) in [6.45, 7) is 4.76. The summed E-state index contributed by atoms with van der Waals surface area (Å²) in [6.07, 6.45) is 0. The molecule has 51 heavy (non-hydrogen) atoms. The molecule has 0 aliphatic rings. The van der Waals surface area contributed by atoms with Gasteiger partial charge in [0.05, 0.1) is 24.7 Å². The molecular weight excluding hydrogens is 639 g/mol. The number of nitrogens with zero attached hydrogens (tertiary/aromatic N) is 9. The van der Waals surface area contributed by atoms with Crippen LogP contribution in [0, 0.1) is 18.3 Å². The zero-order valence-electron chi connectivity index (χ0n) is 28.9. The van der Waals surface area contributed by atoms with Gasteiger partial charge in [0.15, 0.2) is 0 Å². The van der Waals surface area contributed by atoms with Crippen LogP contribution in [-0.4, -0.2) is 53.8 Å². The van der Waals surface area contributed by atoms with Gasteiger partial charge in [0.25, 0.3) is 0 Å². The molecule has 0 radical (unpaired) electrons. The second-order valence-electron chi connectivity index (χ2n) is 12.0. The van der Waals surface area contributed by atoms with Gasteiger partial charge >= 0.3 is 0 Å². The van der Waals surface area contributed by atoms with E-state index in [2.05, 4.69) is 80.7 Å². The Hall–Kier alpha value is -6.49. The van der Waals surface area contributed by atoms with Crippen molar-refractivity contribution in [3.63, 3.8) is 0 Å². The Balaban J connectivity index is 0.000000198. The van der Waals surface area contributed by atoms with Gasteiger partial charge in [-0.25, -0.2) is 0 Å². The molecule has 0 amide bonds. The van der Waals surface area contributed by atoms with Crippen molar-refractivity contribution < 1.29 is 0 Å². The highest BCUT2D eigenvalue weighted by Gasteiger charge is 2.10. The maximum Gasteiger partial charge on any atom is 0.232 e. The third-order valence-corrected chi connectivity index (χ3v) is 7.37. The number of anilines is 6. The Kier molecular flexibility index (Phi) is 12.5. The fraction of sp³-hybridized carbons (Fsp3) is 0.184. The van der Waals surface area contributed by atoms with Crippen molar-refractivity contribution in [3.8, 4) is 6.07 Å². The van der Waals surface area contributed by atoms with Crippen LogP contribution in [0.15, 0.2) is 109 Å². The Bertz CT molecular complexity index is 2030. The summed E-state index contributed by atoms with van der Waals surface area (Å²) >= 11 is 0. The number of benzene rings is 4. The van der Waals surface area contributed by atoms with Crippen molar-refractivity contribution in [1.29, 1.82) is 5.26 Å². The van der Waals surface area contributed by atoms with Crippen molar-refractivity contribution in [2.24, 2.45) is 0 Å². The second-order valence-corrected chi connectivity index (χ2v) is 12.0. The van der Waals surface area contributed by atoms with Crippen LogP contribution in [0.3, 0.4) is 0 Å². The SMILES string of the molecule is CN(Cc1ccccc1)Cc1nc(N)nc(Nc2cccc(C#N)c2)n1.Cc1ccc(Nc2nc(N)nc(CN(C)Cc3ccccc3)n2)cc1. The highest BCUT2D eigenvalue weighted by atomic mass is 15.2. The molecule has 13 heteroatoms. The summed E-state index contributed by atoms with van der Waals surface area (Å²) in [4.78, 5) is 29.9. The fourth-order valence-corrected chi connectivity index (χ4v) is 5.08. The van der Waals surface area contributed by atoms with Gasteiger partial charge in [-0.05, 0) is 62.5 Å². The van der Waals surface area contributed by atoms with E-state index < -0.39 is 0 Å². The van der Waals surface area contributed by atoms with Gasteiger partial charge in [-0.15, -0.1) is 0 Å². The van der Waals surface area contributed by atoms with Crippen LogP contribution in [0.2, 0.25) is 0 Å². The predicted octanol–water partition coefficient (Wildman–Crippen LogP) is 5.84. The smallest absolute Gasteiger partial charge is 0.232 e. The Morgan fingerprint density at radius 3 is 1.55 bits per heavy atom. The standard InChI is InChI=1S/C19H19N7.C19H22N6/c1-26(12-14-6-3-2-4-7-14)13-17-23-18(21)25-19(24-17)22-16-9-5-8-15(10-16)11-20;1-14-8-10-16(11-9-14)21-19-23-17(22-18(20)24-19)13-25(2)12-15-6-4-3-5-7-15/h2-10H,12-13H2,1H3,(H3,21,22,23,24,25);3-11H,12-13H2,1-2H3,(H3,20,21,22,23,24). The van der Waals surface area contributed by atoms with E-state index in [0.717, 1.165) is 24.5 Å². The number of hydrogen-bond donors (Lipinski definition) is 4. The van der Waals surface area contributed by atoms with Crippen LogP contribution in [-0.2, 0) is 26.2 Å². The number of nitrogen functional groups attached to an aromatic ring is 2. The molecule has 0 saturated carbocycles. The van der Waals surface area contributed by atoms with E-state index in [1.165, 1.54) is 16.7 Å². The van der Waals surface area contributed by atoms with Crippen molar-refractivity contribution in [3.05, 3.63) is 143 Å². The molecule has 0 aliphatic heterocycles. The Morgan fingerprint density at radius 2 is 1.06 bits per heavy atom. The van der Waals surface area contributed by atoms with Crippen LogP contribution in [0.5, 0.6) is 0 Å². The van der Waals surface area contributed by atoms with Gasteiger partial charge in [-0.2, -0.15) is 35.2 Å². The van der Waals surface area contributed by atoms with Crippen LogP contribution in [0.4, 0.5) is 35.2 Å². The first-order chi connectivity index (χ1) is 24.7. The minimum Gasteiger partial charge on any atom is -0.368 e. The van der Waals surface area contributed by atoms with E-state index in [4.69, 9.17) is 16.7 Å². The molecule has 0 aliphatic carbocycles. The van der Waals surface area contributed by atoms with E-state index in [1.54, 1.807) is 18.2 Å². The lowest BCUT2D eigenvalue weighted by Crippen LogP contribution is -2.20. The molecule has 6 aromatic rings. The van der Waals surface area contributed by atoms with Crippen molar-refractivity contribution in [2.45, 2.75) is 33.1 Å². The first-order valence-electron chi connectivity index (χ1n) is 16.3. The molecule has 6 rings (SSSR count). The number of hydrogen-bond acceptors (Lipinski definition) is 13. The summed E-state index contributed by atoms with van der Waals surface area (Å²) in [5, 5.41) is 15.2. The highest BCUT2D eigenvalue weighted by molar-refractivity contribution is 5.57. The maximum absolute atomic E-state index is 8.99. The average Bonchev–Trinajstić information content (AvgIpc) is 3.10. The summed E-state index contributed by atoms with van der Waals surface area (Å²) in [5.41, 5.74) is 17.5. The number of nitriles is 1. The van der Waals surface area contributed by atoms with Crippen molar-refractivity contribution in [2.75, 3.05) is 36.2 Å². The van der Waals surface area contributed by atoms with E-state index >= 15 is 0 Å². The molecular formula is C38H41N13. The van der Waals surface area contributed by atoms with Gasteiger partial charge < -0.3 is 22.1 Å². The lowest BCUT2D eigenvalue weighted by atomic mass is 10.2. The fourth-order valence-electron chi connectivity index (χ4n) is 5.08. The average molecular weight is 680 g/mol. The predicted molar refractivity (Wildman–Crippen MR) is 201 cm³/mol. The summed E-state index contributed by atoms with van der Waals surface area (Å²) in [6, 6.07) is 37.7. The maximum atomic E-state index is 8.99. The van der Waals surface area contributed by atoms with E-state index in [0.29, 0.717) is 42.2 Å². The van der Waals surface area contributed by atoms with Gasteiger partial charge in [-0.1, -0.05) is 84.4 Å². The van der Waals surface area contributed by atoms with Gasteiger partial charge in [0.2, 0.25) is 23.8 Å². The van der Waals surface area contributed by atoms with Crippen molar-refractivity contribution in [1.82, 2.24) is 39.7 Å². The Labute approximate surface area is 298 Å². The molecule has 13 nitrogen and oxygen atoms in total. The van der Waals surface area contributed by atoms with Crippen LogP contribution in [0.1, 0.15) is 33.9 Å². The van der Waals surface area contributed by atoms with Crippen molar-refractivity contribution >= 4 is 35.2 Å². The molecule has 2 aromatic heterocycles. The van der Waals surface area contributed by atoms with Gasteiger partial charge in [0.1, 0.15) is 11.6 Å². The third kappa shape index (κ3) is 11.9. The minimum absolute atomic E-state index is 0.155. The monoisotopic (exact) mass is 679 g/mol.